The number of benzene rings is 2. The van der Waals surface area contributed by atoms with Crippen LogP contribution in [0.1, 0.15) is 27.3 Å². The molecule has 3 aromatic heterocycles. The first-order valence-corrected chi connectivity index (χ1v) is 10.9. The molecule has 5 aromatic rings. The maximum atomic E-state index is 13.2. The van der Waals surface area contributed by atoms with E-state index in [1.807, 2.05) is 54.9 Å². The van der Waals surface area contributed by atoms with Crippen LogP contribution in [-0.2, 0) is 6.54 Å². The lowest BCUT2D eigenvalue weighted by Crippen LogP contribution is -2.16. The number of hydrogen-bond donors (Lipinski definition) is 1. The Morgan fingerprint density at radius 1 is 1.06 bits per heavy atom. The summed E-state index contributed by atoms with van der Waals surface area (Å²) in [7, 11) is 2.57. The van der Waals surface area contributed by atoms with E-state index >= 15 is 0 Å². The van der Waals surface area contributed by atoms with E-state index in [9.17, 15) is 4.79 Å². The van der Waals surface area contributed by atoms with Crippen molar-refractivity contribution >= 4 is 48.1 Å². The van der Waals surface area contributed by atoms with Gasteiger partial charge in [-0.25, -0.2) is 4.98 Å². The molecule has 158 valence electrons. The van der Waals surface area contributed by atoms with Crippen molar-refractivity contribution in [2.24, 2.45) is 0 Å². The summed E-state index contributed by atoms with van der Waals surface area (Å²) in [6.07, 6.45) is 1.80. The monoisotopic (exact) mass is 439 g/mol. The predicted molar refractivity (Wildman–Crippen MR) is 132 cm³/mol. The molecule has 2 aromatic carbocycles. The summed E-state index contributed by atoms with van der Waals surface area (Å²) in [6, 6.07) is 19.6. The van der Waals surface area contributed by atoms with Gasteiger partial charge in [0.15, 0.2) is 0 Å². The molecule has 3 heterocycles. The SMILES string of the molecule is Cc1nn(Cc2cccc3cccnc23)c(C)c1NC(=O)c1cc(P)nc2ccccc12. The molecule has 0 bridgehead atoms. The number of rotatable bonds is 4. The van der Waals surface area contributed by atoms with E-state index in [0.29, 0.717) is 12.1 Å². The highest BCUT2D eigenvalue weighted by molar-refractivity contribution is 7.27. The number of aromatic nitrogens is 4. The molecule has 0 aliphatic rings. The quantitative estimate of drug-likeness (QED) is 0.422. The van der Waals surface area contributed by atoms with Gasteiger partial charge in [0.25, 0.3) is 5.91 Å². The van der Waals surface area contributed by atoms with Crippen molar-refractivity contribution in [1.29, 1.82) is 0 Å². The Labute approximate surface area is 187 Å². The molecule has 7 heteroatoms. The highest BCUT2D eigenvalue weighted by atomic mass is 31.0. The summed E-state index contributed by atoms with van der Waals surface area (Å²) in [5.41, 5.74) is 6.55. The van der Waals surface area contributed by atoms with Gasteiger partial charge < -0.3 is 5.32 Å². The van der Waals surface area contributed by atoms with Gasteiger partial charge >= 0.3 is 0 Å². The maximum Gasteiger partial charge on any atom is 0.256 e. The molecule has 0 aliphatic heterocycles. The zero-order valence-corrected chi connectivity index (χ0v) is 19.0. The maximum absolute atomic E-state index is 13.2. The standard InChI is InChI=1S/C25H22N5OP/c1-15-23(28-25(31)20-13-22(32)27-21-11-4-3-10-19(20)21)16(2)30(29-15)14-18-8-5-7-17-9-6-12-26-24(17)18/h3-13H,14,32H2,1-2H3,(H,28,31). The molecular formula is C25H22N5OP. The average molecular weight is 439 g/mol. The van der Waals surface area contributed by atoms with Crippen molar-refractivity contribution in [1.82, 2.24) is 19.7 Å². The molecule has 1 amide bonds. The van der Waals surface area contributed by atoms with Crippen LogP contribution < -0.4 is 10.8 Å². The minimum absolute atomic E-state index is 0.176. The Bertz CT molecular complexity index is 1490. The second kappa shape index (κ2) is 8.13. The van der Waals surface area contributed by atoms with Crippen LogP contribution in [0.5, 0.6) is 0 Å². The number of para-hydroxylation sites is 2. The highest BCUT2D eigenvalue weighted by Crippen LogP contribution is 2.24. The molecule has 1 atom stereocenters. The number of amides is 1. The van der Waals surface area contributed by atoms with Crippen molar-refractivity contribution in [2.45, 2.75) is 20.4 Å². The molecule has 32 heavy (non-hydrogen) atoms. The smallest absolute Gasteiger partial charge is 0.256 e. The first-order valence-electron chi connectivity index (χ1n) is 10.3. The summed E-state index contributed by atoms with van der Waals surface area (Å²) < 4.78 is 1.92. The normalized spacial score (nSPS) is 11.2. The van der Waals surface area contributed by atoms with E-state index in [1.165, 1.54) is 0 Å². The predicted octanol–water partition coefficient (Wildman–Crippen LogP) is 4.40. The molecule has 0 aliphatic carbocycles. The van der Waals surface area contributed by atoms with Gasteiger partial charge in [0.2, 0.25) is 0 Å². The van der Waals surface area contributed by atoms with Crippen LogP contribution in [0, 0.1) is 13.8 Å². The number of pyridine rings is 2. The Balaban J connectivity index is 1.48. The second-order valence-electron chi connectivity index (χ2n) is 7.76. The van der Waals surface area contributed by atoms with Gasteiger partial charge in [-0.3, -0.25) is 14.5 Å². The Hall–Kier alpha value is -3.63. The molecule has 6 nitrogen and oxygen atoms in total. The van der Waals surface area contributed by atoms with Crippen molar-refractivity contribution in [3.8, 4) is 0 Å². The van der Waals surface area contributed by atoms with Gasteiger partial charge in [0, 0.05) is 17.0 Å². The summed E-state index contributed by atoms with van der Waals surface area (Å²) >= 11 is 0. The third-order valence-electron chi connectivity index (χ3n) is 5.64. The van der Waals surface area contributed by atoms with Crippen LogP contribution >= 0.6 is 9.24 Å². The van der Waals surface area contributed by atoms with Crippen molar-refractivity contribution < 1.29 is 4.79 Å². The lowest BCUT2D eigenvalue weighted by Gasteiger charge is -2.10. The van der Waals surface area contributed by atoms with Crippen LogP contribution in [0.15, 0.2) is 66.9 Å². The minimum Gasteiger partial charge on any atom is -0.319 e. The molecule has 0 radical (unpaired) electrons. The largest absolute Gasteiger partial charge is 0.319 e. The van der Waals surface area contributed by atoms with Crippen molar-refractivity contribution in [3.63, 3.8) is 0 Å². The third kappa shape index (κ3) is 3.63. The van der Waals surface area contributed by atoms with Crippen LogP contribution in [0.25, 0.3) is 21.8 Å². The van der Waals surface area contributed by atoms with E-state index in [4.69, 9.17) is 5.10 Å². The summed E-state index contributed by atoms with van der Waals surface area (Å²) in [5, 5.41) is 9.69. The number of aryl methyl sites for hydroxylation is 1. The fourth-order valence-corrected chi connectivity index (χ4v) is 4.36. The zero-order valence-electron chi connectivity index (χ0n) is 17.8. The van der Waals surface area contributed by atoms with Gasteiger partial charge in [-0.15, -0.1) is 0 Å². The third-order valence-corrected chi connectivity index (χ3v) is 5.93. The molecule has 0 saturated heterocycles. The fraction of sp³-hybridized carbons (Fsp3) is 0.120. The Kier molecular flexibility index (Phi) is 5.16. The van der Waals surface area contributed by atoms with E-state index < -0.39 is 0 Å². The number of fused-ring (bicyclic) bond motifs is 2. The Morgan fingerprint density at radius 2 is 1.88 bits per heavy atom. The van der Waals surface area contributed by atoms with Gasteiger partial charge in [-0.2, -0.15) is 5.10 Å². The van der Waals surface area contributed by atoms with Crippen molar-refractivity contribution in [3.05, 3.63) is 89.4 Å². The highest BCUT2D eigenvalue weighted by Gasteiger charge is 2.18. The van der Waals surface area contributed by atoms with Crippen LogP contribution in [0.2, 0.25) is 0 Å². The number of nitrogens with zero attached hydrogens (tertiary/aromatic N) is 4. The molecule has 0 spiro atoms. The first kappa shape index (κ1) is 20.3. The lowest BCUT2D eigenvalue weighted by atomic mass is 10.1. The molecule has 1 unspecified atom stereocenters. The zero-order chi connectivity index (χ0) is 22.2. The molecule has 0 saturated carbocycles. The average Bonchev–Trinajstić information content (AvgIpc) is 3.06. The number of nitrogens with one attached hydrogen (secondary N) is 1. The van der Waals surface area contributed by atoms with Gasteiger partial charge in [-0.05, 0) is 37.6 Å². The number of carbonyl (C=O) groups is 1. The van der Waals surface area contributed by atoms with E-state index in [2.05, 4.69) is 42.7 Å². The summed E-state index contributed by atoms with van der Waals surface area (Å²) in [4.78, 5) is 22.3. The fourth-order valence-electron chi connectivity index (χ4n) is 4.05. The van der Waals surface area contributed by atoms with Gasteiger partial charge in [0.1, 0.15) is 0 Å². The number of anilines is 1. The van der Waals surface area contributed by atoms with Gasteiger partial charge in [0.05, 0.1) is 45.7 Å². The lowest BCUT2D eigenvalue weighted by molar-refractivity contribution is 0.102. The number of hydrogen-bond acceptors (Lipinski definition) is 4. The molecule has 1 N–H and O–H groups in total. The van der Waals surface area contributed by atoms with E-state index in [-0.39, 0.29) is 5.91 Å². The second-order valence-corrected chi connectivity index (χ2v) is 8.35. The van der Waals surface area contributed by atoms with Crippen LogP contribution in [0.4, 0.5) is 5.69 Å². The topological polar surface area (TPSA) is 72.7 Å². The first-order chi connectivity index (χ1) is 15.5. The number of carbonyl (C=O) groups excluding carboxylic acids is 1. The van der Waals surface area contributed by atoms with Crippen molar-refractivity contribution in [2.75, 3.05) is 5.32 Å². The summed E-state index contributed by atoms with van der Waals surface area (Å²) in [6.45, 7) is 4.46. The molecular weight excluding hydrogens is 417 g/mol. The van der Waals surface area contributed by atoms with E-state index in [0.717, 1.165) is 49.9 Å². The minimum atomic E-state index is -0.176. The molecule has 0 fully saturated rings. The van der Waals surface area contributed by atoms with Gasteiger partial charge in [-0.1, -0.05) is 51.7 Å². The molecule has 5 rings (SSSR count). The van der Waals surface area contributed by atoms with Crippen LogP contribution in [-0.4, -0.2) is 25.7 Å². The van der Waals surface area contributed by atoms with Crippen LogP contribution in [0.3, 0.4) is 0 Å². The van der Waals surface area contributed by atoms with E-state index in [1.54, 1.807) is 12.3 Å². The Morgan fingerprint density at radius 3 is 2.75 bits per heavy atom. The summed E-state index contributed by atoms with van der Waals surface area (Å²) in [5.74, 6) is -0.176.